The van der Waals surface area contributed by atoms with Gasteiger partial charge in [-0.3, -0.25) is 25.0 Å². The maximum Gasteiger partial charge on any atom is 0.280 e. The van der Waals surface area contributed by atoms with Crippen LogP contribution < -0.4 is 5.43 Å². The zero-order chi connectivity index (χ0) is 17.0. The van der Waals surface area contributed by atoms with Gasteiger partial charge in [-0.05, 0) is 37.6 Å². The summed E-state index contributed by atoms with van der Waals surface area (Å²) < 4.78 is 1.57. The van der Waals surface area contributed by atoms with Crippen LogP contribution in [0.4, 0.5) is 5.69 Å². The number of hydrogen-bond acceptors (Lipinski definition) is 4. The third kappa shape index (κ3) is 3.63. The van der Waals surface area contributed by atoms with Crippen LogP contribution in [0.25, 0.3) is 6.08 Å². The summed E-state index contributed by atoms with van der Waals surface area (Å²) in [5.74, 6) is -0.582. The van der Waals surface area contributed by atoms with Crippen molar-refractivity contribution in [3.05, 3.63) is 69.0 Å². The molecule has 0 aliphatic heterocycles. The molecule has 0 radical (unpaired) electrons. The van der Waals surface area contributed by atoms with E-state index in [4.69, 9.17) is 0 Å². The molecule has 1 heterocycles. The molecule has 0 fully saturated rings. The van der Waals surface area contributed by atoms with Crippen LogP contribution in [0.15, 0.2) is 42.0 Å². The summed E-state index contributed by atoms with van der Waals surface area (Å²) in [6.45, 7) is 3.65. The molecule has 7 nitrogen and oxygen atoms in total. The molecule has 0 atom stereocenters. The van der Waals surface area contributed by atoms with E-state index in [2.05, 4.69) is 5.43 Å². The Hall–Kier alpha value is -3.40. The number of benzene rings is 1. The highest BCUT2D eigenvalue weighted by atomic mass is 16.6. The fraction of sp³-hybridized carbons (Fsp3) is 0.125. The highest BCUT2D eigenvalue weighted by Crippen LogP contribution is 2.16. The molecule has 1 N–H and O–H groups in total. The summed E-state index contributed by atoms with van der Waals surface area (Å²) >= 11 is 0. The number of non-ortho nitro benzene ring substituents is 1. The molecule has 0 saturated carbocycles. The molecule has 7 heteroatoms. The van der Waals surface area contributed by atoms with Crippen LogP contribution in [-0.4, -0.2) is 15.5 Å². The minimum absolute atomic E-state index is 0.103. The molecule has 116 valence electrons. The van der Waals surface area contributed by atoms with E-state index in [1.807, 2.05) is 32.0 Å². The van der Waals surface area contributed by atoms with Crippen LogP contribution in [0.1, 0.15) is 17.0 Å². The van der Waals surface area contributed by atoms with Gasteiger partial charge in [-0.15, -0.1) is 0 Å². The summed E-state index contributed by atoms with van der Waals surface area (Å²) in [4.78, 5) is 22.4. The largest absolute Gasteiger partial charge is 0.280 e. The minimum atomic E-state index is -0.582. The number of aryl methyl sites for hydroxylation is 2. The van der Waals surface area contributed by atoms with E-state index in [0.29, 0.717) is 5.56 Å². The molecule has 2 aromatic rings. The van der Waals surface area contributed by atoms with Gasteiger partial charge in [0.15, 0.2) is 0 Å². The Morgan fingerprint density at radius 3 is 2.52 bits per heavy atom. The van der Waals surface area contributed by atoms with Crippen molar-refractivity contribution in [1.82, 2.24) is 4.68 Å². The zero-order valence-electron chi connectivity index (χ0n) is 12.6. The second-order valence-corrected chi connectivity index (χ2v) is 4.91. The summed E-state index contributed by atoms with van der Waals surface area (Å²) in [6, 6.07) is 11.2. The lowest BCUT2D eigenvalue weighted by Gasteiger charge is -2.10. The number of amides is 1. The Morgan fingerprint density at radius 1 is 1.30 bits per heavy atom. The summed E-state index contributed by atoms with van der Waals surface area (Å²) in [5, 5.41) is 19.9. The smallest absolute Gasteiger partial charge is 0.267 e. The van der Waals surface area contributed by atoms with Gasteiger partial charge in [0.25, 0.3) is 11.6 Å². The van der Waals surface area contributed by atoms with Gasteiger partial charge in [-0.2, -0.15) is 5.26 Å². The number of nitrogens with one attached hydrogen (secondary N) is 1. The van der Waals surface area contributed by atoms with Gasteiger partial charge in [0.05, 0.1) is 4.92 Å². The van der Waals surface area contributed by atoms with Gasteiger partial charge < -0.3 is 0 Å². The first kappa shape index (κ1) is 16.0. The molecule has 23 heavy (non-hydrogen) atoms. The van der Waals surface area contributed by atoms with Gasteiger partial charge in [0, 0.05) is 23.5 Å². The quantitative estimate of drug-likeness (QED) is 0.406. The first-order chi connectivity index (χ1) is 10.9. The van der Waals surface area contributed by atoms with Crippen LogP contribution in [0.3, 0.4) is 0 Å². The SMILES string of the molecule is Cc1ccc(C)n1NC(=O)/C(C#N)=C\c1cccc([N+](=O)[O-])c1. The van der Waals surface area contributed by atoms with Gasteiger partial charge in [-0.1, -0.05) is 12.1 Å². The van der Waals surface area contributed by atoms with E-state index >= 15 is 0 Å². The third-order valence-electron chi connectivity index (χ3n) is 3.24. The lowest BCUT2D eigenvalue weighted by molar-refractivity contribution is -0.384. The Morgan fingerprint density at radius 2 is 1.96 bits per heavy atom. The number of carbonyl (C=O) groups is 1. The highest BCUT2D eigenvalue weighted by molar-refractivity contribution is 6.06. The number of carbonyl (C=O) groups excluding carboxylic acids is 1. The van der Waals surface area contributed by atoms with E-state index in [-0.39, 0.29) is 11.3 Å². The number of nitro groups is 1. The Kier molecular flexibility index (Phi) is 4.57. The monoisotopic (exact) mass is 310 g/mol. The Bertz CT molecular complexity index is 824. The lowest BCUT2D eigenvalue weighted by Crippen LogP contribution is -2.25. The van der Waals surface area contributed by atoms with Crippen molar-refractivity contribution >= 4 is 17.7 Å². The summed E-state index contributed by atoms with van der Waals surface area (Å²) in [6.07, 6.45) is 1.32. The number of hydrogen-bond donors (Lipinski definition) is 1. The molecule has 0 aliphatic rings. The number of rotatable bonds is 4. The van der Waals surface area contributed by atoms with Crippen molar-refractivity contribution in [3.63, 3.8) is 0 Å². The van der Waals surface area contributed by atoms with Crippen molar-refractivity contribution in [3.8, 4) is 6.07 Å². The van der Waals surface area contributed by atoms with E-state index < -0.39 is 10.8 Å². The Balaban J connectivity index is 2.29. The maximum atomic E-state index is 12.2. The Labute approximate surface area is 132 Å². The number of nitriles is 1. The average molecular weight is 310 g/mol. The normalized spacial score (nSPS) is 10.9. The van der Waals surface area contributed by atoms with Crippen LogP contribution >= 0.6 is 0 Å². The van der Waals surface area contributed by atoms with Crippen LogP contribution in [-0.2, 0) is 4.79 Å². The van der Waals surface area contributed by atoms with Gasteiger partial charge in [-0.25, -0.2) is 0 Å². The molecular formula is C16H14N4O3. The van der Waals surface area contributed by atoms with Crippen molar-refractivity contribution in [2.75, 3.05) is 5.43 Å². The maximum absolute atomic E-state index is 12.2. The minimum Gasteiger partial charge on any atom is -0.267 e. The fourth-order valence-electron chi connectivity index (χ4n) is 2.05. The van der Waals surface area contributed by atoms with Gasteiger partial charge in [0.2, 0.25) is 0 Å². The molecule has 1 aromatic carbocycles. The number of nitrogens with zero attached hydrogens (tertiary/aromatic N) is 3. The van der Waals surface area contributed by atoms with E-state index in [1.165, 1.54) is 24.3 Å². The second kappa shape index (κ2) is 6.58. The van der Waals surface area contributed by atoms with Crippen LogP contribution in [0, 0.1) is 35.3 Å². The molecule has 0 saturated heterocycles. The topological polar surface area (TPSA) is 101 Å². The number of nitro benzene ring substituents is 1. The van der Waals surface area contributed by atoms with Crippen molar-refractivity contribution in [2.45, 2.75) is 13.8 Å². The van der Waals surface area contributed by atoms with E-state index in [9.17, 15) is 20.2 Å². The summed E-state index contributed by atoms with van der Waals surface area (Å²) in [5.41, 5.74) is 4.43. The zero-order valence-corrected chi connectivity index (χ0v) is 12.6. The van der Waals surface area contributed by atoms with Gasteiger partial charge in [0.1, 0.15) is 11.6 Å². The third-order valence-corrected chi connectivity index (χ3v) is 3.24. The molecule has 0 spiro atoms. The first-order valence-electron chi connectivity index (χ1n) is 6.75. The second-order valence-electron chi connectivity index (χ2n) is 4.91. The molecule has 1 aromatic heterocycles. The lowest BCUT2D eigenvalue weighted by atomic mass is 10.1. The molecular weight excluding hydrogens is 296 g/mol. The predicted octanol–water partition coefficient (Wildman–Crippen LogP) is 2.69. The predicted molar refractivity (Wildman–Crippen MR) is 85.0 cm³/mol. The molecule has 0 aliphatic carbocycles. The van der Waals surface area contributed by atoms with Gasteiger partial charge >= 0.3 is 0 Å². The van der Waals surface area contributed by atoms with Crippen molar-refractivity contribution in [1.29, 1.82) is 5.26 Å². The van der Waals surface area contributed by atoms with E-state index in [1.54, 1.807) is 10.7 Å². The molecule has 0 unspecified atom stereocenters. The van der Waals surface area contributed by atoms with Crippen LogP contribution in [0.5, 0.6) is 0 Å². The standard InChI is InChI=1S/C16H14N4O3/c1-11-6-7-12(2)19(11)18-16(21)14(10-17)8-13-4-3-5-15(9-13)20(22)23/h3-9H,1-2H3,(H,18,21)/b14-8-. The van der Waals surface area contributed by atoms with E-state index in [0.717, 1.165) is 11.4 Å². The average Bonchev–Trinajstić information content (AvgIpc) is 2.84. The fourth-order valence-corrected chi connectivity index (χ4v) is 2.05. The number of aromatic nitrogens is 1. The summed E-state index contributed by atoms with van der Waals surface area (Å²) in [7, 11) is 0. The molecule has 2 rings (SSSR count). The van der Waals surface area contributed by atoms with Crippen LogP contribution in [0.2, 0.25) is 0 Å². The van der Waals surface area contributed by atoms with Crippen molar-refractivity contribution in [2.24, 2.45) is 0 Å². The molecule has 1 amide bonds. The van der Waals surface area contributed by atoms with Crippen molar-refractivity contribution < 1.29 is 9.72 Å². The highest BCUT2D eigenvalue weighted by Gasteiger charge is 2.12. The first-order valence-corrected chi connectivity index (χ1v) is 6.75. The molecule has 0 bridgehead atoms.